The van der Waals surface area contributed by atoms with Gasteiger partial charge in [-0.05, 0) is 30.5 Å². The Hall–Kier alpha value is -1.04. The first-order chi connectivity index (χ1) is 10.1. The topological polar surface area (TPSA) is 32.7 Å². The molecule has 3 nitrogen and oxygen atoms in total. The van der Waals surface area contributed by atoms with Crippen LogP contribution in [0.3, 0.4) is 0 Å². The quantitative estimate of drug-likeness (QED) is 0.931. The molecule has 1 N–H and O–H groups in total. The number of aliphatic hydroxyl groups is 1. The van der Waals surface area contributed by atoms with E-state index in [0.717, 1.165) is 44.8 Å². The Morgan fingerprint density at radius 1 is 1.05 bits per heavy atom. The summed E-state index contributed by atoms with van der Waals surface area (Å²) in [5, 5.41) is 10.9. The lowest BCUT2D eigenvalue weighted by atomic mass is 9.83. The number of ether oxygens (including phenoxy) is 1. The summed E-state index contributed by atoms with van der Waals surface area (Å²) < 4.78 is 32.3. The van der Waals surface area contributed by atoms with Crippen molar-refractivity contribution in [2.24, 2.45) is 0 Å². The zero-order chi connectivity index (χ0) is 14.9. The monoisotopic (exact) mass is 297 g/mol. The van der Waals surface area contributed by atoms with Gasteiger partial charge >= 0.3 is 0 Å². The van der Waals surface area contributed by atoms with E-state index in [9.17, 15) is 13.9 Å². The summed E-state index contributed by atoms with van der Waals surface area (Å²) in [5.74, 6) is -1.28. The van der Waals surface area contributed by atoms with Crippen molar-refractivity contribution in [1.29, 1.82) is 0 Å². The SMILES string of the molecule is OC(c1cc(F)cc(F)c1)C1(N2CCOCC2)CCCC1. The van der Waals surface area contributed by atoms with E-state index in [1.165, 1.54) is 12.1 Å². The minimum absolute atomic E-state index is 0.334. The lowest BCUT2D eigenvalue weighted by molar-refractivity contribution is -0.0775. The molecule has 1 unspecified atom stereocenters. The summed E-state index contributed by atoms with van der Waals surface area (Å²) in [5.41, 5.74) is -0.0785. The van der Waals surface area contributed by atoms with Crippen LogP contribution in [0.2, 0.25) is 0 Å². The van der Waals surface area contributed by atoms with Gasteiger partial charge < -0.3 is 9.84 Å². The summed E-state index contributed by atoms with van der Waals surface area (Å²) in [6.07, 6.45) is 2.90. The van der Waals surface area contributed by atoms with Crippen LogP contribution in [0.25, 0.3) is 0 Å². The van der Waals surface area contributed by atoms with Crippen LogP contribution in [0, 0.1) is 11.6 Å². The maximum Gasteiger partial charge on any atom is 0.126 e. The van der Waals surface area contributed by atoms with Gasteiger partial charge in [0, 0.05) is 19.2 Å². The van der Waals surface area contributed by atoms with Crippen LogP contribution in [0.5, 0.6) is 0 Å². The molecule has 1 aromatic rings. The van der Waals surface area contributed by atoms with Crippen molar-refractivity contribution in [3.8, 4) is 0 Å². The molecule has 0 bridgehead atoms. The van der Waals surface area contributed by atoms with Crippen LogP contribution >= 0.6 is 0 Å². The van der Waals surface area contributed by atoms with Crippen LogP contribution in [-0.4, -0.2) is 41.8 Å². The summed E-state index contributed by atoms with van der Waals surface area (Å²) in [6.45, 7) is 2.81. The molecule has 1 aliphatic carbocycles. The molecule has 1 heterocycles. The van der Waals surface area contributed by atoms with Crippen molar-refractivity contribution in [2.75, 3.05) is 26.3 Å². The van der Waals surface area contributed by atoms with E-state index in [-0.39, 0.29) is 0 Å². The highest BCUT2D eigenvalue weighted by atomic mass is 19.1. The molecule has 1 aliphatic heterocycles. The summed E-state index contributed by atoms with van der Waals surface area (Å²) in [6, 6.07) is 3.33. The molecule has 3 rings (SSSR count). The predicted molar refractivity (Wildman–Crippen MR) is 74.9 cm³/mol. The van der Waals surface area contributed by atoms with Crippen molar-refractivity contribution < 1.29 is 18.6 Å². The van der Waals surface area contributed by atoms with Gasteiger partial charge in [-0.25, -0.2) is 8.78 Å². The van der Waals surface area contributed by atoms with Crippen LogP contribution in [0.4, 0.5) is 8.78 Å². The number of morpholine rings is 1. The summed E-state index contributed by atoms with van der Waals surface area (Å²) >= 11 is 0. The number of hydrogen-bond donors (Lipinski definition) is 1. The Morgan fingerprint density at radius 2 is 1.62 bits per heavy atom. The van der Waals surface area contributed by atoms with Gasteiger partial charge in [0.15, 0.2) is 0 Å². The largest absolute Gasteiger partial charge is 0.386 e. The molecule has 1 saturated carbocycles. The third-order valence-electron chi connectivity index (χ3n) is 4.82. The van der Waals surface area contributed by atoms with Crippen molar-refractivity contribution in [3.05, 3.63) is 35.4 Å². The van der Waals surface area contributed by atoms with E-state index in [2.05, 4.69) is 4.90 Å². The van der Waals surface area contributed by atoms with Gasteiger partial charge in [-0.2, -0.15) is 0 Å². The van der Waals surface area contributed by atoms with Crippen LogP contribution < -0.4 is 0 Å². The zero-order valence-corrected chi connectivity index (χ0v) is 12.0. The normalized spacial score (nSPS) is 24.1. The molecule has 21 heavy (non-hydrogen) atoms. The van der Waals surface area contributed by atoms with Gasteiger partial charge in [-0.1, -0.05) is 12.8 Å². The third-order valence-corrected chi connectivity index (χ3v) is 4.82. The van der Waals surface area contributed by atoms with E-state index < -0.39 is 23.3 Å². The molecule has 1 saturated heterocycles. The summed E-state index contributed by atoms with van der Waals surface area (Å²) in [7, 11) is 0. The summed E-state index contributed by atoms with van der Waals surface area (Å²) in [4.78, 5) is 2.25. The van der Waals surface area contributed by atoms with Gasteiger partial charge in [0.2, 0.25) is 0 Å². The van der Waals surface area contributed by atoms with Crippen molar-refractivity contribution in [2.45, 2.75) is 37.3 Å². The Labute approximate surface area is 123 Å². The molecule has 116 valence electrons. The first-order valence-electron chi connectivity index (χ1n) is 7.59. The molecule has 1 atom stereocenters. The Bertz CT molecular complexity index is 477. The van der Waals surface area contributed by atoms with E-state index in [1.54, 1.807) is 0 Å². The Kier molecular flexibility index (Phi) is 4.24. The number of halogens is 2. The molecule has 0 amide bonds. The van der Waals surface area contributed by atoms with Gasteiger partial charge in [0.05, 0.1) is 24.9 Å². The van der Waals surface area contributed by atoms with Crippen molar-refractivity contribution in [3.63, 3.8) is 0 Å². The second kappa shape index (κ2) is 5.99. The minimum Gasteiger partial charge on any atom is -0.386 e. The average Bonchev–Trinajstić information content (AvgIpc) is 2.97. The molecule has 1 aromatic carbocycles. The first kappa shape index (κ1) is 14.9. The molecule has 2 aliphatic rings. The lowest BCUT2D eigenvalue weighted by Gasteiger charge is -2.46. The predicted octanol–water partition coefficient (Wildman–Crippen LogP) is 2.64. The van der Waals surface area contributed by atoms with E-state index >= 15 is 0 Å². The first-order valence-corrected chi connectivity index (χ1v) is 7.59. The fourth-order valence-corrected chi connectivity index (χ4v) is 3.80. The average molecular weight is 297 g/mol. The number of aliphatic hydroxyl groups excluding tert-OH is 1. The van der Waals surface area contributed by atoms with Crippen LogP contribution in [-0.2, 0) is 4.74 Å². The highest BCUT2D eigenvalue weighted by Gasteiger charge is 2.46. The van der Waals surface area contributed by atoms with E-state index in [0.29, 0.717) is 18.8 Å². The fourth-order valence-electron chi connectivity index (χ4n) is 3.80. The Balaban J connectivity index is 1.92. The second-order valence-electron chi connectivity index (χ2n) is 6.02. The number of rotatable bonds is 3. The van der Waals surface area contributed by atoms with Gasteiger partial charge in [0.25, 0.3) is 0 Å². The molecule has 0 spiro atoms. The highest BCUT2D eigenvalue weighted by Crippen LogP contribution is 2.45. The highest BCUT2D eigenvalue weighted by molar-refractivity contribution is 5.24. The molecule has 0 aromatic heterocycles. The van der Waals surface area contributed by atoms with Gasteiger partial charge in [0.1, 0.15) is 11.6 Å². The molecular weight excluding hydrogens is 276 g/mol. The molecule has 2 fully saturated rings. The number of nitrogens with zero attached hydrogens (tertiary/aromatic N) is 1. The van der Waals surface area contributed by atoms with Crippen molar-refractivity contribution >= 4 is 0 Å². The zero-order valence-electron chi connectivity index (χ0n) is 12.0. The number of hydrogen-bond acceptors (Lipinski definition) is 3. The standard InChI is InChI=1S/C16H21F2NO2/c17-13-9-12(10-14(18)11-13)15(20)16(3-1-2-4-16)19-5-7-21-8-6-19/h9-11,15,20H,1-8H2. The maximum absolute atomic E-state index is 13.5. The lowest BCUT2D eigenvalue weighted by Crippen LogP contribution is -2.55. The van der Waals surface area contributed by atoms with Gasteiger partial charge in [-0.15, -0.1) is 0 Å². The second-order valence-corrected chi connectivity index (χ2v) is 6.02. The number of benzene rings is 1. The van der Waals surface area contributed by atoms with E-state index in [1.807, 2.05) is 0 Å². The Morgan fingerprint density at radius 3 is 2.19 bits per heavy atom. The smallest absolute Gasteiger partial charge is 0.126 e. The van der Waals surface area contributed by atoms with Crippen LogP contribution in [0.1, 0.15) is 37.4 Å². The molecule has 0 radical (unpaired) electrons. The fraction of sp³-hybridized carbons (Fsp3) is 0.625. The minimum atomic E-state index is -0.872. The molecular formula is C16H21F2NO2. The van der Waals surface area contributed by atoms with Gasteiger partial charge in [-0.3, -0.25) is 4.90 Å². The maximum atomic E-state index is 13.5. The van der Waals surface area contributed by atoms with E-state index in [4.69, 9.17) is 4.74 Å². The third kappa shape index (κ3) is 2.82. The van der Waals surface area contributed by atoms with Crippen LogP contribution in [0.15, 0.2) is 18.2 Å². The van der Waals surface area contributed by atoms with Crippen molar-refractivity contribution in [1.82, 2.24) is 4.90 Å². The molecule has 5 heteroatoms.